The zero-order valence-electron chi connectivity index (χ0n) is 11.6. The number of anilines is 1. The van der Waals surface area contributed by atoms with Gasteiger partial charge in [0.05, 0.1) is 17.8 Å². The lowest BCUT2D eigenvalue weighted by molar-refractivity contribution is -0.124. The summed E-state index contributed by atoms with van der Waals surface area (Å²) in [5.41, 5.74) is 2.08. The van der Waals surface area contributed by atoms with E-state index in [1.54, 1.807) is 24.3 Å². The second-order valence-electron chi connectivity index (χ2n) is 4.51. The van der Waals surface area contributed by atoms with Crippen LogP contribution in [0.2, 0.25) is 0 Å². The predicted molar refractivity (Wildman–Crippen MR) is 81.0 cm³/mol. The van der Waals surface area contributed by atoms with Gasteiger partial charge in [-0.15, -0.1) is 0 Å². The summed E-state index contributed by atoms with van der Waals surface area (Å²) >= 11 is 0. The second-order valence-corrected chi connectivity index (χ2v) is 4.51. The van der Waals surface area contributed by atoms with Crippen molar-refractivity contribution >= 4 is 28.8 Å². The average Bonchev–Trinajstić information content (AvgIpc) is 2.47. The molecule has 0 aliphatic carbocycles. The minimum Gasteiger partial charge on any atom is -0.326 e. The van der Waals surface area contributed by atoms with Crippen LogP contribution in [-0.2, 0) is 9.59 Å². The molecule has 0 aromatic heterocycles. The van der Waals surface area contributed by atoms with Crippen molar-refractivity contribution in [2.24, 2.45) is 10.2 Å². The van der Waals surface area contributed by atoms with Crippen molar-refractivity contribution in [2.45, 2.75) is 13.3 Å². The normalized spacial score (nSPS) is 10.5. The molecule has 0 spiro atoms. The highest BCUT2D eigenvalue weighted by Crippen LogP contribution is 2.20. The lowest BCUT2D eigenvalue weighted by Crippen LogP contribution is -2.14. The number of hydrogen-bond acceptors (Lipinski definition) is 4. The number of ketones is 1. The molecule has 0 heterocycles. The molecule has 0 saturated heterocycles. The van der Waals surface area contributed by atoms with Gasteiger partial charge in [0.1, 0.15) is 5.78 Å². The van der Waals surface area contributed by atoms with Gasteiger partial charge in [-0.1, -0.05) is 18.2 Å². The van der Waals surface area contributed by atoms with Crippen LogP contribution in [0.5, 0.6) is 0 Å². The van der Waals surface area contributed by atoms with E-state index in [9.17, 15) is 9.59 Å². The van der Waals surface area contributed by atoms with E-state index < -0.39 is 0 Å². The van der Waals surface area contributed by atoms with Gasteiger partial charge in [0.25, 0.3) is 0 Å². The second kappa shape index (κ2) is 7.09. The molecule has 0 radical (unpaired) electrons. The van der Waals surface area contributed by atoms with Crippen molar-refractivity contribution in [1.29, 1.82) is 0 Å². The molecule has 106 valence electrons. The first-order valence-corrected chi connectivity index (χ1v) is 6.49. The fourth-order valence-corrected chi connectivity index (χ4v) is 1.65. The quantitative estimate of drug-likeness (QED) is 0.664. The maximum atomic E-state index is 11.4. The van der Waals surface area contributed by atoms with Gasteiger partial charge < -0.3 is 5.32 Å². The molecule has 0 fully saturated rings. The van der Waals surface area contributed by atoms with Crippen LogP contribution in [0.4, 0.5) is 17.1 Å². The number of Topliss-reactive ketones (excluding diaryl/α,β-unsaturated/α-hetero) is 1. The van der Waals surface area contributed by atoms with E-state index in [0.29, 0.717) is 11.4 Å². The number of hydrogen-bond donors (Lipinski definition) is 1. The molecule has 1 N–H and O–H groups in total. The van der Waals surface area contributed by atoms with Gasteiger partial charge in [-0.2, -0.15) is 10.2 Å². The first-order valence-electron chi connectivity index (χ1n) is 6.49. The standard InChI is InChI=1S/C16H15N3O2/c1-12(20)11-16(21)17-13-7-9-15(10-8-13)19-18-14-5-3-2-4-6-14/h2-10H,11H2,1H3,(H,17,21)/b19-18+. The summed E-state index contributed by atoms with van der Waals surface area (Å²) in [7, 11) is 0. The Morgan fingerprint density at radius 1 is 0.905 bits per heavy atom. The monoisotopic (exact) mass is 281 g/mol. The number of benzene rings is 2. The Morgan fingerprint density at radius 3 is 2.05 bits per heavy atom. The maximum Gasteiger partial charge on any atom is 0.231 e. The molecule has 1 amide bonds. The fourth-order valence-electron chi connectivity index (χ4n) is 1.65. The highest BCUT2D eigenvalue weighted by Gasteiger charge is 2.05. The first kappa shape index (κ1) is 14.6. The molecule has 5 heteroatoms. The highest BCUT2D eigenvalue weighted by atomic mass is 16.2. The van der Waals surface area contributed by atoms with Gasteiger partial charge in [-0.05, 0) is 43.3 Å². The summed E-state index contributed by atoms with van der Waals surface area (Å²) in [5, 5.41) is 10.8. The van der Waals surface area contributed by atoms with Crippen molar-refractivity contribution in [1.82, 2.24) is 0 Å². The Kier molecular flexibility index (Phi) is 4.93. The number of nitrogens with one attached hydrogen (secondary N) is 1. The Bertz CT molecular complexity index is 649. The topological polar surface area (TPSA) is 70.9 Å². The van der Waals surface area contributed by atoms with E-state index in [2.05, 4.69) is 15.5 Å². The Morgan fingerprint density at radius 2 is 1.48 bits per heavy atom. The molecule has 0 saturated carbocycles. The third kappa shape index (κ3) is 4.99. The largest absolute Gasteiger partial charge is 0.326 e. The van der Waals surface area contributed by atoms with Crippen molar-refractivity contribution < 1.29 is 9.59 Å². The molecular formula is C16H15N3O2. The van der Waals surface area contributed by atoms with E-state index in [-0.39, 0.29) is 18.1 Å². The first-order chi connectivity index (χ1) is 10.1. The summed E-state index contributed by atoms with van der Waals surface area (Å²) in [6.45, 7) is 1.38. The van der Waals surface area contributed by atoms with Crippen LogP contribution in [-0.4, -0.2) is 11.7 Å². The predicted octanol–water partition coefficient (Wildman–Crippen LogP) is 4.02. The van der Waals surface area contributed by atoms with E-state index in [1.165, 1.54) is 6.92 Å². The average molecular weight is 281 g/mol. The summed E-state index contributed by atoms with van der Waals surface area (Å²) in [5.74, 6) is -0.484. The third-order valence-electron chi connectivity index (χ3n) is 2.60. The van der Waals surface area contributed by atoms with E-state index in [4.69, 9.17) is 0 Å². The van der Waals surface area contributed by atoms with Crippen LogP contribution in [0.15, 0.2) is 64.8 Å². The van der Waals surface area contributed by atoms with Crippen LogP contribution in [0.1, 0.15) is 13.3 Å². The lowest BCUT2D eigenvalue weighted by Gasteiger charge is -2.03. The number of carbonyl (C=O) groups excluding carboxylic acids is 2. The molecule has 0 bridgehead atoms. The maximum absolute atomic E-state index is 11.4. The van der Waals surface area contributed by atoms with Gasteiger partial charge in [-0.25, -0.2) is 0 Å². The molecule has 0 aliphatic rings. The molecule has 2 aromatic carbocycles. The SMILES string of the molecule is CC(=O)CC(=O)Nc1ccc(/N=N/c2ccccc2)cc1. The minimum atomic E-state index is -0.318. The van der Waals surface area contributed by atoms with Crippen molar-refractivity contribution in [2.75, 3.05) is 5.32 Å². The van der Waals surface area contributed by atoms with Crippen LogP contribution in [0.3, 0.4) is 0 Å². The van der Waals surface area contributed by atoms with Crippen LogP contribution < -0.4 is 5.32 Å². The number of nitrogens with zero attached hydrogens (tertiary/aromatic N) is 2. The van der Waals surface area contributed by atoms with Crippen LogP contribution in [0, 0.1) is 0 Å². The van der Waals surface area contributed by atoms with Crippen molar-refractivity contribution in [3.63, 3.8) is 0 Å². The summed E-state index contributed by atoms with van der Waals surface area (Å²) < 4.78 is 0. The Balaban J connectivity index is 1.97. The van der Waals surface area contributed by atoms with Crippen molar-refractivity contribution in [3.8, 4) is 0 Å². The highest BCUT2D eigenvalue weighted by molar-refractivity contribution is 6.03. The van der Waals surface area contributed by atoms with Gasteiger partial charge in [0.15, 0.2) is 0 Å². The van der Waals surface area contributed by atoms with Gasteiger partial charge >= 0.3 is 0 Å². The van der Waals surface area contributed by atoms with E-state index in [0.717, 1.165) is 5.69 Å². The zero-order chi connectivity index (χ0) is 15.1. The van der Waals surface area contributed by atoms with Gasteiger partial charge in [0.2, 0.25) is 5.91 Å². The van der Waals surface area contributed by atoms with Gasteiger partial charge in [0, 0.05) is 5.69 Å². The minimum absolute atomic E-state index is 0.116. The Labute approximate surface area is 122 Å². The molecule has 0 atom stereocenters. The number of carbonyl (C=O) groups is 2. The molecule has 0 unspecified atom stereocenters. The van der Waals surface area contributed by atoms with Crippen molar-refractivity contribution in [3.05, 3.63) is 54.6 Å². The molecule has 0 aliphatic heterocycles. The molecular weight excluding hydrogens is 266 g/mol. The number of amides is 1. The van der Waals surface area contributed by atoms with E-state index >= 15 is 0 Å². The fraction of sp³-hybridized carbons (Fsp3) is 0.125. The molecule has 2 rings (SSSR count). The lowest BCUT2D eigenvalue weighted by atomic mass is 10.2. The smallest absolute Gasteiger partial charge is 0.231 e. The molecule has 2 aromatic rings. The van der Waals surface area contributed by atoms with Crippen LogP contribution >= 0.6 is 0 Å². The van der Waals surface area contributed by atoms with Gasteiger partial charge in [-0.3, -0.25) is 9.59 Å². The third-order valence-corrected chi connectivity index (χ3v) is 2.60. The van der Waals surface area contributed by atoms with Crippen LogP contribution in [0.25, 0.3) is 0 Å². The Hall–Kier alpha value is -2.82. The number of rotatable bonds is 5. The summed E-state index contributed by atoms with van der Waals surface area (Å²) in [6, 6.07) is 16.3. The summed E-state index contributed by atoms with van der Waals surface area (Å²) in [6.07, 6.45) is -0.116. The molecule has 21 heavy (non-hydrogen) atoms. The van der Waals surface area contributed by atoms with E-state index in [1.807, 2.05) is 30.3 Å². The molecule has 5 nitrogen and oxygen atoms in total. The number of azo groups is 1. The zero-order valence-corrected chi connectivity index (χ0v) is 11.6. The summed E-state index contributed by atoms with van der Waals surface area (Å²) in [4.78, 5) is 22.3.